The molecule has 0 fully saturated rings. The molecule has 1 aromatic heterocycles. The lowest BCUT2D eigenvalue weighted by Crippen LogP contribution is -2.32. The Balaban J connectivity index is 1.16. The number of anilines is 1. The van der Waals surface area contributed by atoms with Gasteiger partial charge < -0.3 is 15.4 Å². The van der Waals surface area contributed by atoms with Crippen molar-refractivity contribution < 1.29 is 40.7 Å². The SMILES string of the molecule is O=C(NC(COc1cccc(C(F)(F)F)c1)c1ccccc1)c1ccc2nc(NC(=O)c3ccccc3-c3ccc(C(F)(F)F)cc3)ccc2c1. The molecule has 2 N–H and O–H groups in total. The molecule has 0 aliphatic heterocycles. The van der Waals surface area contributed by atoms with E-state index in [-0.39, 0.29) is 29.3 Å². The molecule has 6 rings (SSSR count). The van der Waals surface area contributed by atoms with E-state index in [1.54, 1.807) is 84.9 Å². The molecule has 5 aromatic carbocycles. The molecule has 0 aliphatic rings. The summed E-state index contributed by atoms with van der Waals surface area (Å²) in [6, 6.07) is 31.7. The molecule has 12 heteroatoms. The Morgan fingerprint density at radius 2 is 1.37 bits per heavy atom. The first-order valence-corrected chi connectivity index (χ1v) is 15.5. The van der Waals surface area contributed by atoms with Crippen molar-refractivity contribution in [3.63, 3.8) is 0 Å². The molecule has 1 unspecified atom stereocenters. The van der Waals surface area contributed by atoms with E-state index in [9.17, 15) is 35.9 Å². The van der Waals surface area contributed by atoms with Crippen LogP contribution in [0.5, 0.6) is 5.75 Å². The van der Waals surface area contributed by atoms with Gasteiger partial charge in [0.1, 0.15) is 18.2 Å². The van der Waals surface area contributed by atoms with Gasteiger partial charge in [0.05, 0.1) is 22.7 Å². The number of carbonyl (C=O) groups is 2. The van der Waals surface area contributed by atoms with Gasteiger partial charge in [0.15, 0.2) is 0 Å². The Kier molecular flexibility index (Phi) is 9.77. The summed E-state index contributed by atoms with van der Waals surface area (Å²) in [4.78, 5) is 31.2. The lowest BCUT2D eigenvalue weighted by Gasteiger charge is -2.20. The first kappa shape index (κ1) is 34.7. The van der Waals surface area contributed by atoms with Crippen LogP contribution in [-0.2, 0) is 12.4 Å². The van der Waals surface area contributed by atoms with E-state index in [2.05, 4.69) is 15.6 Å². The van der Waals surface area contributed by atoms with Crippen molar-refractivity contribution in [1.29, 1.82) is 0 Å². The van der Waals surface area contributed by atoms with Gasteiger partial charge in [-0.1, -0.05) is 66.7 Å². The van der Waals surface area contributed by atoms with Crippen LogP contribution in [0.25, 0.3) is 22.0 Å². The zero-order valence-electron chi connectivity index (χ0n) is 26.4. The van der Waals surface area contributed by atoms with Crippen molar-refractivity contribution in [1.82, 2.24) is 10.3 Å². The molecule has 0 saturated carbocycles. The number of aromatic nitrogens is 1. The highest BCUT2D eigenvalue weighted by molar-refractivity contribution is 6.08. The molecule has 6 aromatic rings. The number of nitrogens with one attached hydrogen (secondary N) is 2. The minimum atomic E-state index is -4.53. The summed E-state index contributed by atoms with van der Waals surface area (Å²) in [5, 5.41) is 6.21. The van der Waals surface area contributed by atoms with Crippen molar-refractivity contribution in [2.75, 3.05) is 11.9 Å². The molecular weight excluding hydrogens is 672 g/mol. The minimum absolute atomic E-state index is 0.00255. The minimum Gasteiger partial charge on any atom is -0.491 e. The first-order chi connectivity index (χ1) is 24.3. The summed E-state index contributed by atoms with van der Waals surface area (Å²) < 4.78 is 84.5. The Bertz CT molecular complexity index is 2190. The monoisotopic (exact) mass is 699 g/mol. The summed E-state index contributed by atoms with van der Waals surface area (Å²) in [5.74, 6) is -0.770. The standard InChI is InChI=1S/C39H27F6N3O3/c40-38(41,42)28-17-13-24(14-18-28)31-11-4-5-12-32(31)37(50)48-35-20-16-26-21-27(15-19-33(26)46-35)36(49)47-34(25-7-2-1-3-8-25)23-51-30-10-6-9-29(22-30)39(43,44)45/h1-22,34H,23H2,(H,47,49)(H,46,48,50). The maximum Gasteiger partial charge on any atom is 0.416 e. The van der Waals surface area contributed by atoms with Crippen LogP contribution in [0.2, 0.25) is 0 Å². The number of amides is 2. The second kappa shape index (κ2) is 14.4. The number of halogens is 6. The number of rotatable bonds is 9. The molecular formula is C39H27F6N3O3. The summed E-state index contributed by atoms with van der Waals surface area (Å²) in [5.41, 5.74) is 0.886. The van der Waals surface area contributed by atoms with Crippen molar-refractivity contribution in [2.24, 2.45) is 0 Å². The smallest absolute Gasteiger partial charge is 0.416 e. The maximum atomic E-state index is 13.4. The van der Waals surface area contributed by atoms with Crippen LogP contribution < -0.4 is 15.4 Å². The largest absolute Gasteiger partial charge is 0.491 e. The van der Waals surface area contributed by atoms with Crippen LogP contribution in [0.4, 0.5) is 32.2 Å². The van der Waals surface area contributed by atoms with Gasteiger partial charge in [-0.2, -0.15) is 26.3 Å². The Morgan fingerprint density at radius 3 is 2.10 bits per heavy atom. The average molecular weight is 700 g/mol. The van der Waals surface area contributed by atoms with E-state index in [0.717, 1.165) is 24.3 Å². The molecule has 0 saturated heterocycles. The third-order valence-corrected chi connectivity index (χ3v) is 7.97. The van der Waals surface area contributed by atoms with Gasteiger partial charge in [-0.05, 0) is 83.4 Å². The molecule has 1 heterocycles. The predicted molar refractivity (Wildman–Crippen MR) is 180 cm³/mol. The molecule has 2 amide bonds. The Hall–Kier alpha value is -6.17. The van der Waals surface area contributed by atoms with Gasteiger partial charge in [0.25, 0.3) is 11.8 Å². The summed E-state index contributed by atoms with van der Waals surface area (Å²) in [6.07, 6.45) is -9.02. The predicted octanol–water partition coefficient (Wildman–Crippen LogP) is 9.74. The Morgan fingerprint density at radius 1 is 0.667 bits per heavy atom. The van der Waals surface area contributed by atoms with Crippen LogP contribution in [0, 0.1) is 0 Å². The number of fused-ring (bicyclic) bond motifs is 1. The van der Waals surface area contributed by atoms with E-state index in [1.165, 1.54) is 24.3 Å². The quantitative estimate of drug-likeness (QED) is 0.147. The number of benzene rings is 5. The van der Waals surface area contributed by atoms with Crippen molar-refractivity contribution in [3.05, 3.63) is 161 Å². The molecule has 0 aliphatic carbocycles. The normalized spacial score (nSPS) is 12.3. The number of nitrogens with zero attached hydrogens (tertiary/aromatic N) is 1. The van der Waals surface area contributed by atoms with Gasteiger partial charge in [-0.3, -0.25) is 9.59 Å². The number of ether oxygens (including phenoxy) is 1. The van der Waals surface area contributed by atoms with Crippen LogP contribution in [0.3, 0.4) is 0 Å². The molecule has 0 spiro atoms. The van der Waals surface area contributed by atoms with Crippen LogP contribution in [0.15, 0.2) is 133 Å². The molecule has 1 atom stereocenters. The van der Waals surface area contributed by atoms with Gasteiger partial charge in [-0.15, -0.1) is 0 Å². The lowest BCUT2D eigenvalue weighted by atomic mass is 9.98. The van der Waals surface area contributed by atoms with E-state index >= 15 is 0 Å². The first-order valence-electron chi connectivity index (χ1n) is 15.5. The highest BCUT2D eigenvalue weighted by Crippen LogP contribution is 2.33. The van der Waals surface area contributed by atoms with E-state index in [4.69, 9.17) is 4.74 Å². The van der Waals surface area contributed by atoms with Crippen LogP contribution in [-0.4, -0.2) is 23.4 Å². The van der Waals surface area contributed by atoms with E-state index in [0.29, 0.717) is 27.6 Å². The zero-order valence-corrected chi connectivity index (χ0v) is 26.4. The van der Waals surface area contributed by atoms with Gasteiger partial charge >= 0.3 is 12.4 Å². The molecule has 51 heavy (non-hydrogen) atoms. The number of pyridine rings is 1. The lowest BCUT2D eigenvalue weighted by molar-refractivity contribution is -0.138. The summed E-state index contributed by atoms with van der Waals surface area (Å²) >= 11 is 0. The molecule has 6 nitrogen and oxygen atoms in total. The molecule has 258 valence electrons. The zero-order chi connectivity index (χ0) is 36.2. The van der Waals surface area contributed by atoms with Gasteiger partial charge in [0.2, 0.25) is 0 Å². The summed E-state index contributed by atoms with van der Waals surface area (Å²) in [6.45, 7) is -0.142. The number of hydrogen-bond donors (Lipinski definition) is 2. The van der Waals surface area contributed by atoms with E-state index < -0.39 is 41.3 Å². The second-order valence-corrected chi connectivity index (χ2v) is 11.5. The number of hydrogen-bond acceptors (Lipinski definition) is 4. The fourth-order valence-corrected chi connectivity index (χ4v) is 5.38. The highest BCUT2D eigenvalue weighted by Gasteiger charge is 2.31. The van der Waals surface area contributed by atoms with Crippen molar-refractivity contribution in [3.8, 4) is 16.9 Å². The summed E-state index contributed by atoms with van der Waals surface area (Å²) in [7, 11) is 0. The Labute approximate surface area is 287 Å². The highest BCUT2D eigenvalue weighted by atomic mass is 19.4. The fraction of sp³-hybridized carbons (Fsp3) is 0.103. The van der Waals surface area contributed by atoms with Gasteiger partial charge in [0, 0.05) is 16.5 Å². The fourth-order valence-electron chi connectivity index (χ4n) is 5.38. The number of carbonyl (C=O) groups excluding carboxylic acids is 2. The van der Waals surface area contributed by atoms with Crippen LogP contribution >= 0.6 is 0 Å². The topological polar surface area (TPSA) is 80.3 Å². The molecule has 0 bridgehead atoms. The van der Waals surface area contributed by atoms with Crippen molar-refractivity contribution in [2.45, 2.75) is 18.4 Å². The third kappa shape index (κ3) is 8.35. The average Bonchev–Trinajstić information content (AvgIpc) is 3.13. The second-order valence-electron chi connectivity index (χ2n) is 11.5. The maximum absolute atomic E-state index is 13.4. The number of alkyl halides is 6. The molecule has 0 radical (unpaired) electrons. The van der Waals surface area contributed by atoms with Crippen molar-refractivity contribution >= 4 is 28.5 Å². The van der Waals surface area contributed by atoms with E-state index in [1.807, 2.05) is 0 Å². The van der Waals surface area contributed by atoms with Crippen LogP contribution in [0.1, 0.15) is 43.4 Å². The van der Waals surface area contributed by atoms with Gasteiger partial charge in [-0.25, -0.2) is 4.98 Å². The third-order valence-electron chi connectivity index (χ3n) is 7.97.